The Morgan fingerprint density at radius 3 is 2.92 bits per heavy atom. The van der Waals surface area contributed by atoms with Crippen molar-refractivity contribution in [2.45, 2.75) is 43.6 Å². The number of hydrogen-bond acceptors (Lipinski definition) is 6. The first-order chi connectivity index (χ1) is 12.6. The molecule has 0 saturated carbocycles. The van der Waals surface area contributed by atoms with Crippen LogP contribution in [0.25, 0.3) is 11.0 Å². The number of aromatic nitrogens is 4. The molecule has 0 radical (unpaired) electrons. The largest absolute Gasteiger partial charge is 0.309 e. The number of nitrogens with one attached hydrogen (secondary N) is 1. The molecule has 1 amide bonds. The summed E-state index contributed by atoms with van der Waals surface area (Å²) in [7, 11) is 0. The molecular weight excluding hydrogens is 380 g/mol. The number of unbranched alkanes of at least 4 members (excludes halogenated alkanes) is 1. The zero-order valence-corrected chi connectivity index (χ0v) is 15.6. The van der Waals surface area contributed by atoms with E-state index in [0.29, 0.717) is 27.9 Å². The Labute approximate surface area is 157 Å². The summed E-state index contributed by atoms with van der Waals surface area (Å²) in [5.41, 5.74) is 1.20. The summed E-state index contributed by atoms with van der Waals surface area (Å²) in [6, 6.07) is 7.03. The van der Waals surface area contributed by atoms with Gasteiger partial charge >= 0.3 is 0 Å². The number of anilines is 1. The minimum atomic E-state index is -2.61. The molecule has 0 aliphatic rings. The van der Waals surface area contributed by atoms with Crippen LogP contribution in [-0.4, -0.2) is 31.4 Å². The maximum absolute atomic E-state index is 12.8. The number of carbonyl (C=O) groups excluding carboxylic acids is 1. The minimum Gasteiger partial charge on any atom is -0.309 e. The van der Waals surface area contributed by atoms with E-state index in [4.69, 9.17) is 0 Å². The molecule has 0 fully saturated rings. The van der Waals surface area contributed by atoms with Gasteiger partial charge in [-0.3, -0.25) is 10.1 Å². The molecule has 2 heterocycles. The van der Waals surface area contributed by atoms with Gasteiger partial charge in [0.1, 0.15) is 11.6 Å². The third-order valence-electron chi connectivity index (χ3n) is 3.57. The summed E-state index contributed by atoms with van der Waals surface area (Å²) in [4.78, 5) is 16.6. The van der Waals surface area contributed by atoms with Crippen LogP contribution < -0.4 is 5.32 Å². The summed E-state index contributed by atoms with van der Waals surface area (Å²) in [5.74, 6) is -2.97. The maximum atomic E-state index is 12.8. The van der Waals surface area contributed by atoms with E-state index in [1.54, 1.807) is 24.3 Å². The lowest BCUT2D eigenvalue weighted by molar-refractivity contribution is -0.116. The molecule has 0 bridgehead atoms. The minimum absolute atomic E-state index is 0.109. The van der Waals surface area contributed by atoms with Gasteiger partial charge in [0, 0.05) is 6.42 Å². The Bertz CT molecular complexity index is 896. The third-order valence-corrected chi connectivity index (χ3v) is 5.17. The van der Waals surface area contributed by atoms with Gasteiger partial charge in [-0.15, -0.1) is 10.2 Å². The first kappa shape index (κ1) is 18.7. The zero-order valence-electron chi connectivity index (χ0n) is 14.0. The van der Waals surface area contributed by atoms with E-state index in [2.05, 4.69) is 27.4 Å². The number of carbonyl (C=O) groups is 1. The number of fused-ring (bicyclic) bond motifs is 1. The molecule has 3 rings (SSSR count). The summed E-state index contributed by atoms with van der Waals surface area (Å²) < 4.78 is 27.1. The van der Waals surface area contributed by atoms with Gasteiger partial charge < -0.3 is 4.57 Å². The lowest BCUT2D eigenvalue weighted by atomic mass is 10.3. The second-order valence-electron chi connectivity index (χ2n) is 5.50. The molecule has 0 spiro atoms. The predicted molar refractivity (Wildman–Crippen MR) is 98.7 cm³/mol. The van der Waals surface area contributed by atoms with Crippen molar-refractivity contribution in [1.82, 2.24) is 19.7 Å². The van der Waals surface area contributed by atoms with Crippen LogP contribution in [0.1, 0.15) is 24.8 Å². The number of benzene rings is 1. The van der Waals surface area contributed by atoms with Gasteiger partial charge in [0.05, 0.1) is 11.0 Å². The molecule has 138 valence electrons. The van der Waals surface area contributed by atoms with Crippen LogP contribution in [0, 0.1) is 0 Å². The highest BCUT2D eigenvalue weighted by atomic mass is 32.2. The Morgan fingerprint density at radius 1 is 1.35 bits per heavy atom. The van der Waals surface area contributed by atoms with Gasteiger partial charge in [-0.25, -0.2) is 4.98 Å². The molecule has 6 nitrogen and oxygen atoms in total. The van der Waals surface area contributed by atoms with Gasteiger partial charge in [-0.1, -0.05) is 36.8 Å². The molecular formula is C16H17F2N5OS2. The average molecular weight is 397 g/mol. The van der Waals surface area contributed by atoms with Crippen molar-refractivity contribution < 1.29 is 13.6 Å². The lowest BCUT2D eigenvalue weighted by Crippen LogP contribution is -2.19. The Kier molecular flexibility index (Phi) is 6.15. The molecule has 26 heavy (non-hydrogen) atoms. The van der Waals surface area contributed by atoms with Crippen molar-refractivity contribution in [3.05, 3.63) is 29.3 Å². The number of hydrogen-bond donors (Lipinski definition) is 1. The number of amides is 1. The first-order valence-corrected chi connectivity index (χ1v) is 9.78. The Balaban J connectivity index is 1.75. The monoisotopic (exact) mass is 397 g/mol. The molecule has 0 saturated heterocycles. The van der Waals surface area contributed by atoms with Crippen molar-refractivity contribution in [3.8, 4) is 0 Å². The fourth-order valence-corrected chi connectivity index (χ4v) is 3.81. The number of halogens is 2. The number of thioether (sulfide) groups is 1. The number of rotatable bonds is 8. The van der Waals surface area contributed by atoms with Crippen molar-refractivity contribution >= 4 is 45.2 Å². The second-order valence-corrected chi connectivity index (χ2v) is 7.52. The summed E-state index contributed by atoms with van der Waals surface area (Å²) in [6.45, 7) is 1.97. The van der Waals surface area contributed by atoms with E-state index < -0.39 is 5.76 Å². The van der Waals surface area contributed by atoms with E-state index in [0.717, 1.165) is 24.3 Å². The SMILES string of the molecule is CCCCc1nnc(NC(=O)Cn2c(SC(F)F)nc3ccccc32)s1. The summed E-state index contributed by atoms with van der Waals surface area (Å²) in [5, 5.41) is 12.1. The molecule has 0 aliphatic heterocycles. The zero-order chi connectivity index (χ0) is 18.5. The van der Waals surface area contributed by atoms with Crippen LogP contribution in [0.3, 0.4) is 0 Å². The van der Waals surface area contributed by atoms with Crippen LogP contribution in [0.5, 0.6) is 0 Å². The van der Waals surface area contributed by atoms with E-state index in [1.807, 2.05) is 0 Å². The molecule has 3 aromatic rings. The van der Waals surface area contributed by atoms with Crippen molar-refractivity contribution in [3.63, 3.8) is 0 Å². The van der Waals surface area contributed by atoms with Gasteiger partial charge in [0.15, 0.2) is 5.16 Å². The van der Waals surface area contributed by atoms with E-state index in [1.165, 1.54) is 15.9 Å². The molecule has 0 atom stereocenters. The quantitative estimate of drug-likeness (QED) is 0.577. The van der Waals surface area contributed by atoms with Crippen LogP contribution >= 0.6 is 23.1 Å². The summed E-state index contributed by atoms with van der Waals surface area (Å²) >= 11 is 1.65. The third kappa shape index (κ3) is 4.55. The van der Waals surface area contributed by atoms with Gasteiger partial charge in [0.2, 0.25) is 11.0 Å². The van der Waals surface area contributed by atoms with Crippen LogP contribution in [0.15, 0.2) is 29.4 Å². The molecule has 10 heteroatoms. The fourth-order valence-electron chi connectivity index (χ4n) is 2.41. The predicted octanol–water partition coefficient (Wildman–Crippen LogP) is 4.18. The number of imidazole rings is 1. The normalized spacial score (nSPS) is 11.4. The molecule has 0 aliphatic carbocycles. The van der Waals surface area contributed by atoms with Gasteiger partial charge in [0.25, 0.3) is 5.76 Å². The second kappa shape index (κ2) is 8.54. The number of para-hydroxylation sites is 2. The molecule has 1 N–H and O–H groups in total. The highest BCUT2D eigenvalue weighted by molar-refractivity contribution is 7.99. The standard InChI is InChI=1S/C16H17F2N5OS2/c1-2-3-8-13-21-22-15(25-13)20-12(24)9-23-11-7-5-4-6-10(11)19-16(23)26-14(17)18/h4-7,14H,2-3,8-9H2,1H3,(H,20,22,24). The topological polar surface area (TPSA) is 72.7 Å². The van der Waals surface area contributed by atoms with Crippen LogP contribution in [0.4, 0.5) is 13.9 Å². The highest BCUT2D eigenvalue weighted by Gasteiger charge is 2.18. The van der Waals surface area contributed by atoms with E-state index in [9.17, 15) is 13.6 Å². The first-order valence-electron chi connectivity index (χ1n) is 8.09. The number of aryl methyl sites for hydroxylation is 1. The Morgan fingerprint density at radius 2 is 2.15 bits per heavy atom. The number of alkyl halides is 2. The van der Waals surface area contributed by atoms with Crippen molar-refractivity contribution in [1.29, 1.82) is 0 Å². The Hall–Kier alpha value is -2.07. The highest BCUT2D eigenvalue weighted by Crippen LogP contribution is 2.28. The molecule has 1 aromatic carbocycles. The van der Waals surface area contributed by atoms with Crippen molar-refractivity contribution in [2.24, 2.45) is 0 Å². The van der Waals surface area contributed by atoms with E-state index in [-0.39, 0.29) is 17.6 Å². The smallest absolute Gasteiger partial charge is 0.291 e. The van der Waals surface area contributed by atoms with Crippen LogP contribution in [0.2, 0.25) is 0 Å². The van der Waals surface area contributed by atoms with Crippen LogP contribution in [-0.2, 0) is 17.8 Å². The summed E-state index contributed by atoms with van der Waals surface area (Å²) in [6.07, 6.45) is 2.89. The molecule has 0 unspecified atom stereocenters. The fraction of sp³-hybridized carbons (Fsp3) is 0.375. The van der Waals surface area contributed by atoms with E-state index >= 15 is 0 Å². The lowest BCUT2D eigenvalue weighted by Gasteiger charge is -2.08. The number of nitrogens with zero attached hydrogens (tertiary/aromatic N) is 4. The van der Waals surface area contributed by atoms with Gasteiger partial charge in [-0.05, 0) is 30.3 Å². The average Bonchev–Trinajstić information content (AvgIpc) is 3.17. The van der Waals surface area contributed by atoms with Gasteiger partial charge in [-0.2, -0.15) is 8.78 Å². The molecule has 2 aromatic heterocycles. The van der Waals surface area contributed by atoms with Crippen molar-refractivity contribution in [2.75, 3.05) is 5.32 Å². The maximum Gasteiger partial charge on any atom is 0.291 e.